The third-order valence-electron chi connectivity index (χ3n) is 7.11. The third kappa shape index (κ3) is 7.18. The fourth-order valence-electron chi connectivity index (χ4n) is 4.68. The van der Waals surface area contributed by atoms with E-state index < -0.39 is 17.7 Å². The fraction of sp³-hybridized carbons (Fsp3) is 0.200. The van der Waals surface area contributed by atoms with Gasteiger partial charge in [-0.1, -0.05) is 84.9 Å². The summed E-state index contributed by atoms with van der Waals surface area (Å²) in [7, 11) is 3.19. The van der Waals surface area contributed by atoms with Crippen LogP contribution in [0, 0.1) is 0 Å². The highest BCUT2D eigenvalue weighted by molar-refractivity contribution is 6.01. The SMILES string of the molecule is COc1ccc(COC2(OCc3ccc(OC)cc3)CN(OC(c3ccccc3)c3ccccc3)C(C=O)=CC2=O)cc1. The van der Waals surface area contributed by atoms with Gasteiger partial charge in [0.15, 0.2) is 6.29 Å². The first kappa shape index (κ1) is 29.7. The number of carbonyl (C=O) groups is 2. The van der Waals surface area contributed by atoms with E-state index in [2.05, 4.69) is 0 Å². The number of benzene rings is 4. The van der Waals surface area contributed by atoms with Crippen LogP contribution in [0.3, 0.4) is 0 Å². The monoisotopic (exact) mass is 579 g/mol. The smallest absolute Gasteiger partial charge is 0.254 e. The van der Waals surface area contributed by atoms with Crippen molar-refractivity contribution in [3.8, 4) is 11.5 Å². The van der Waals surface area contributed by atoms with E-state index in [9.17, 15) is 9.59 Å². The molecule has 8 nitrogen and oxygen atoms in total. The van der Waals surface area contributed by atoms with E-state index in [0.29, 0.717) is 17.8 Å². The molecule has 43 heavy (non-hydrogen) atoms. The Balaban J connectivity index is 1.47. The molecule has 0 unspecified atom stereocenters. The van der Waals surface area contributed by atoms with Crippen LogP contribution in [-0.4, -0.2) is 43.7 Å². The van der Waals surface area contributed by atoms with E-state index in [0.717, 1.165) is 22.3 Å². The molecule has 0 N–H and O–H groups in total. The minimum atomic E-state index is -1.77. The van der Waals surface area contributed by atoms with Crippen molar-refractivity contribution in [2.24, 2.45) is 0 Å². The fourth-order valence-corrected chi connectivity index (χ4v) is 4.68. The summed E-state index contributed by atoms with van der Waals surface area (Å²) in [6.45, 7) is -0.0482. The Morgan fingerprint density at radius 2 is 1.19 bits per heavy atom. The van der Waals surface area contributed by atoms with E-state index in [1.54, 1.807) is 14.2 Å². The standard InChI is InChI=1S/C35H33NO7/c1-39-31-17-13-26(14-18-31)23-41-35(42-24-27-15-19-32(40-2)20-16-27)25-36(30(22-37)21-33(35)38)43-34(28-9-5-3-6-10-28)29-11-7-4-8-12-29/h3-22,34H,23-25H2,1-2H3. The van der Waals surface area contributed by atoms with Gasteiger partial charge in [-0.05, 0) is 46.5 Å². The van der Waals surface area contributed by atoms with Crippen molar-refractivity contribution < 1.29 is 33.4 Å². The van der Waals surface area contributed by atoms with Gasteiger partial charge >= 0.3 is 0 Å². The maximum absolute atomic E-state index is 13.7. The second-order valence-electron chi connectivity index (χ2n) is 9.92. The third-order valence-corrected chi connectivity index (χ3v) is 7.11. The lowest BCUT2D eigenvalue weighted by Crippen LogP contribution is -2.55. The van der Waals surface area contributed by atoms with Crippen molar-refractivity contribution in [1.82, 2.24) is 5.06 Å². The van der Waals surface area contributed by atoms with Gasteiger partial charge in [-0.15, -0.1) is 0 Å². The number of methoxy groups -OCH3 is 2. The van der Waals surface area contributed by atoms with Gasteiger partial charge in [-0.25, -0.2) is 5.06 Å². The number of hydrogen-bond acceptors (Lipinski definition) is 8. The highest BCUT2D eigenvalue weighted by Crippen LogP contribution is 2.33. The van der Waals surface area contributed by atoms with Crippen LogP contribution in [0.4, 0.5) is 0 Å². The minimum absolute atomic E-state index is 0.0667. The lowest BCUT2D eigenvalue weighted by atomic mass is 10.0. The van der Waals surface area contributed by atoms with Gasteiger partial charge in [0.1, 0.15) is 29.8 Å². The largest absolute Gasteiger partial charge is 0.497 e. The molecule has 0 atom stereocenters. The second kappa shape index (κ2) is 13.9. The first-order chi connectivity index (χ1) is 21.0. The highest BCUT2D eigenvalue weighted by atomic mass is 16.7. The number of hydroxylamine groups is 2. The van der Waals surface area contributed by atoms with Crippen LogP contribution in [0.15, 0.2) is 121 Å². The van der Waals surface area contributed by atoms with Gasteiger partial charge in [0.25, 0.3) is 5.79 Å². The van der Waals surface area contributed by atoms with Gasteiger partial charge in [-0.3, -0.25) is 14.4 Å². The molecule has 0 bridgehead atoms. The Morgan fingerprint density at radius 3 is 1.60 bits per heavy atom. The first-order valence-electron chi connectivity index (χ1n) is 13.8. The topological polar surface area (TPSA) is 83.5 Å². The Hall–Kier alpha value is -4.76. The molecule has 0 spiro atoms. The average molecular weight is 580 g/mol. The van der Waals surface area contributed by atoms with Gasteiger partial charge in [-0.2, -0.15) is 0 Å². The molecule has 8 heteroatoms. The normalized spacial score (nSPS) is 14.3. The summed E-state index contributed by atoms with van der Waals surface area (Å²) < 4.78 is 23.1. The summed E-state index contributed by atoms with van der Waals surface area (Å²) in [4.78, 5) is 32.4. The summed E-state index contributed by atoms with van der Waals surface area (Å²) in [5, 5.41) is 1.39. The number of hydrogen-bond donors (Lipinski definition) is 0. The van der Waals surface area contributed by atoms with E-state index in [4.69, 9.17) is 23.8 Å². The number of rotatable bonds is 13. The van der Waals surface area contributed by atoms with Gasteiger partial charge < -0.3 is 18.9 Å². The number of nitrogens with zero attached hydrogens (tertiary/aromatic N) is 1. The number of allylic oxidation sites excluding steroid dienone is 1. The zero-order valence-corrected chi connectivity index (χ0v) is 24.1. The zero-order chi connectivity index (χ0) is 30.1. The quantitative estimate of drug-likeness (QED) is 0.145. The van der Waals surface area contributed by atoms with Crippen LogP contribution in [0.1, 0.15) is 28.4 Å². The molecule has 0 aliphatic carbocycles. The van der Waals surface area contributed by atoms with Crippen LogP contribution in [-0.2, 0) is 37.1 Å². The molecule has 0 aromatic heterocycles. The van der Waals surface area contributed by atoms with Crippen LogP contribution < -0.4 is 9.47 Å². The van der Waals surface area contributed by atoms with Crippen molar-refractivity contribution in [3.63, 3.8) is 0 Å². The van der Waals surface area contributed by atoms with E-state index in [1.807, 2.05) is 109 Å². The Morgan fingerprint density at radius 1 is 0.721 bits per heavy atom. The van der Waals surface area contributed by atoms with Crippen molar-refractivity contribution in [2.45, 2.75) is 25.1 Å². The minimum Gasteiger partial charge on any atom is -0.497 e. The molecule has 1 heterocycles. The Bertz CT molecular complexity index is 1430. The predicted molar refractivity (Wildman–Crippen MR) is 160 cm³/mol. The first-order valence-corrected chi connectivity index (χ1v) is 13.8. The molecule has 4 aromatic carbocycles. The molecule has 0 radical (unpaired) electrons. The van der Waals surface area contributed by atoms with Gasteiger partial charge in [0.05, 0.1) is 27.4 Å². The van der Waals surface area contributed by atoms with Crippen molar-refractivity contribution in [3.05, 3.63) is 143 Å². The van der Waals surface area contributed by atoms with Crippen LogP contribution >= 0.6 is 0 Å². The molecular formula is C35H33NO7. The Labute approximate surface area is 251 Å². The molecule has 0 saturated heterocycles. The molecule has 0 amide bonds. The zero-order valence-electron chi connectivity index (χ0n) is 24.1. The molecule has 5 rings (SSSR count). The van der Waals surface area contributed by atoms with Crippen molar-refractivity contribution >= 4 is 12.1 Å². The second-order valence-corrected chi connectivity index (χ2v) is 9.92. The number of ether oxygens (including phenoxy) is 4. The van der Waals surface area contributed by atoms with Crippen molar-refractivity contribution in [2.75, 3.05) is 20.8 Å². The molecule has 0 fully saturated rings. The van der Waals surface area contributed by atoms with E-state index in [1.165, 1.54) is 11.1 Å². The molecular weight excluding hydrogens is 546 g/mol. The summed E-state index contributed by atoms with van der Waals surface area (Å²) in [6.07, 6.45) is 1.24. The van der Waals surface area contributed by atoms with Crippen LogP contribution in [0.2, 0.25) is 0 Å². The van der Waals surface area contributed by atoms with E-state index >= 15 is 0 Å². The summed E-state index contributed by atoms with van der Waals surface area (Å²) in [6, 6.07) is 34.0. The maximum Gasteiger partial charge on any atom is 0.254 e. The summed E-state index contributed by atoms with van der Waals surface area (Å²) in [5.41, 5.74) is 3.44. The maximum atomic E-state index is 13.7. The van der Waals surface area contributed by atoms with Crippen LogP contribution in [0.5, 0.6) is 11.5 Å². The lowest BCUT2D eigenvalue weighted by molar-refractivity contribution is -0.279. The molecule has 4 aromatic rings. The predicted octanol–water partition coefficient (Wildman–Crippen LogP) is 5.82. The number of carbonyl (C=O) groups excluding carboxylic acids is 2. The average Bonchev–Trinajstić information content (AvgIpc) is 3.07. The van der Waals surface area contributed by atoms with Gasteiger partial charge in [0.2, 0.25) is 5.78 Å². The molecule has 1 aliphatic rings. The number of ketones is 1. The van der Waals surface area contributed by atoms with Crippen molar-refractivity contribution in [1.29, 1.82) is 0 Å². The highest BCUT2D eigenvalue weighted by Gasteiger charge is 2.47. The van der Waals surface area contributed by atoms with Gasteiger partial charge in [0, 0.05) is 6.08 Å². The Kier molecular flexibility index (Phi) is 9.63. The molecule has 0 saturated carbocycles. The summed E-state index contributed by atoms with van der Waals surface area (Å²) >= 11 is 0. The molecule has 220 valence electrons. The molecule has 1 aliphatic heterocycles. The van der Waals surface area contributed by atoms with Crippen LogP contribution in [0.25, 0.3) is 0 Å². The summed E-state index contributed by atoms with van der Waals surface area (Å²) in [5.74, 6) is -0.861. The van der Waals surface area contributed by atoms with E-state index in [-0.39, 0.29) is 25.5 Å². The number of aldehydes is 1. The lowest BCUT2D eigenvalue weighted by Gasteiger charge is -2.40.